The van der Waals surface area contributed by atoms with Crippen LogP contribution in [0.4, 0.5) is 4.39 Å². The SMILES string of the molecule is O=C(O)Cc1ccc2c(c1F)OCCO2. The zero-order valence-corrected chi connectivity index (χ0v) is 7.83. The topological polar surface area (TPSA) is 55.8 Å². The molecule has 0 saturated heterocycles. The highest BCUT2D eigenvalue weighted by Crippen LogP contribution is 2.34. The number of benzene rings is 1. The third-order valence-electron chi connectivity index (χ3n) is 2.07. The lowest BCUT2D eigenvalue weighted by molar-refractivity contribution is -0.136. The van der Waals surface area contributed by atoms with Crippen LogP contribution >= 0.6 is 0 Å². The first kappa shape index (κ1) is 9.76. The van der Waals surface area contributed by atoms with Crippen molar-refractivity contribution in [2.45, 2.75) is 6.42 Å². The second-order valence-electron chi connectivity index (χ2n) is 3.13. The van der Waals surface area contributed by atoms with E-state index in [-0.39, 0.29) is 24.3 Å². The van der Waals surface area contributed by atoms with Gasteiger partial charge in [0, 0.05) is 5.56 Å². The Morgan fingerprint density at radius 2 is 2.13 bits per heavy atom. The van der Waals surface area contributed by atoms with Gasteiger partial charge in [0.2, 0.25) is 0 Å². The Labute approximate surface area is 85.2 Å². The first-order valence-corrected chi connectivity index (χ1v) is 4.47. The summed E-state index contributed by atoms with van der Waals surface area (Å²) in [5.74, 6) is -1.38. The molecule has 15 heavy (non-hydrogen) atoms. The van der Waals surface area contributed by atoms with Gasteiger partial charge in [-0.1, -0.05) is 6.07 Å². The van der Waals surface area contributed by atoms with Crippen LogP contribution in [0.5, 0.6) is 11.5 Å². The van der Waals surface area contributed by atoms with Crippen molar-refractivity contribution < 1.29 is 23.8 Å². The van der Waals surface area contributed by atoms with Gasteiger partial charge in [0.05, 0.1) is 6.42 Å². The summed E-state index contributed by atoms with van der Waals surface area (Å²) in [5, 5.41) is 8.56. The summed E-state index contributed by atoms with van der Waals surface area (Å²) in [5.41, 5.74) is 0.103. The maximum Gasteiger partial charge on any atom is 0.307 e. The largest absolute Gasteiger partial charge is 0.486 e. The van der Waals surface area contributed by atoms with E-state index in [1.165, 1.54) is 12.1 Å². The van der Waals surface area contributed by atoms with E-state index in [0.29, 0.717) is 12.4 Å². The number of carboxylic acids is 1. The second-order valence-corrected chi connectivity index (χ2v) is 3.13. The van der Waals surface area contributed by atoms with Crippen molar-refractivity contribution in [2.24, 2.45) is 0 Å². The van der Waals surface area contributed by atoms with Gasteiger partial charge in [-0.3, -0.25) is 4.79 Å². The van der Waals surface area contributed by atoms with Gasteiger partial charge in [0.25, 0.3) is 0 Å². The molecule has 1 aliphatic heterocycles. The summed E-state index contributed by atoms with van der Waals surface area (Å²) >= 11 is 0. The van der Waals surface area contributed by atoms with Crippen LogP contribution in [0, 0.1) is 5.82 Å². The number of hydrogen-bond acceptors (Lipinski definition) is 3. The standard InChI is InChI=1S/C10H9FO4/c11-9-6(5-8(12)13)1-2-7-10(9)15-4-3-14-7/h1-2H,3-5H2,(H,12,13). The van der Waals surface area contributed by atoms with Crippen LogP contribution in [0.25, 0.3) is 0 Å². The highest BCUT2D eigenvalue weighted by atomic mass is 19.1. The Kier molecular flexibility index (Phi) is 2.45. The van der Waals surface area contributed by atoms with E-state index in [1.807, 2.05) is 0 Å². The zero-order valence-electron chi connectivity index (χ0n) is 7.83. The quantitative estimate of drug-likeness (QED) is 0.800. The average molecular weight is 212 g/mol. The molecule has 0 unspecified atom stereocenters. The van der Waals surface area contributed by atoms with E-state index in [2.05, 4.69) is 0 Å². The highest BCUT2D eigenvalue weighted by molar-refractivity contribution is 5.70. The first-order chi connectivity index (χ1) is 7.18. The molecule has 80 valence electrons. The van der Waals surface area contributed by atoms with E-state index >= 15 is 0 Å². The molecule has 0 amide bonds. The van der Waals surface area contributed by atoms with Gasteiger partial charge in [-0.05, 0) is 6.07 Å². The maximum absolute atomic E-state index is 13.6. The number of ether oxygens (including phenoxy) is 2. The fraction of sp³-hybridized carbons (Fsp3) is 0.300. The van der Waals surface area contributed by atoms with Gasteiger partial charge in [-0.25, -0.2) is 4.39 Å². The van der Waals surface area contributed by atoms with Crippen LogP contribution in [0.15, 0.2) is 12.1 Å². The van der Waals surface area contributed by atoms with Gasteiger partial charge in [0.15, 0.2) is 17.3 Å². The summed E-state index contributed by atoms with van der Waals surface area (Å²) in [6.07, 6.45) is -0.359. The van der Waals surface area contributed by atoms with Crippen LogP contribution < -0.4 is 9.47 Å². The molecule has 4 nitrogen and oxygen atoms in total. The summed E-state index contributed by atoms with van der Waals surface area (Å²) in [4.78, 5) is 10.5. The molecule has 0 radical (unpaired) electrons. The lowest BCUT2D eigenvalue weighted by Crippen LogP contribution is -2.17. The van der Waals surface area contributed by atoms with Crippen LogP contribution in [0.1, 0.15) is 5.56 Å². The van der Waals surface area contributed by atoms with Crippen molar-refractivity contribution in [3.8, 4) is 11.5 Å². The maximum atomic E-state index is 13.6. The molecular formula is C10H9FO4. The van der Waals surface area contributed by atoms with E-state index in [0.717, 1.165) is 0 Å². The number of carbonyl (C=O) groups is 1. The monoisotopic (exact) mass is 212 g/mol. The summed E-state index contributed by atoms with van der Waals surface area (Å²) in [6, 6.07) is 2.92. The Morgan fingerprint density at radius 1 is 1.40 bits per heavy atom. The van der Waals surface area contributed by atoms with Crippen molar-refractivity contribution in [1.29, 1.82) is 0 Å². The first-order valence-electron chi connectivity index (χ1n) is 4.47. The second kappa shape index (κ2) is 3.76. The molecule has 0 aromatic heterocycles. The molecular weight excluding hydrogens is 203 g/mol. The molecule has 0 bridgehead atoms. The Morgan fingerprint density at radius 3 is 2.87 bits per heavy atom. The van der Waals surface area contributed by atoms with E-state index in [9.17, 15) is 9.18 Å². The predicted octanol–water partition coefficient (Wildman–Crippen LogP) is 1.22. The Bertz CT molecular complexity index is 403. The smallest absolute Gasteiger partial charge is 0.307 e. The molecule has 1 aromatic rings. The summed E-state index contributed by atoms with van der Waals surface area (Å²) < 4.78 is 23.9. The van der Waals surface area contributed by atoms with E-state index in [1.54, 1.807) is 0 Å². The number of rotatable bonds is 2. The molecule has 0 aliphatic carbocycles. The third-order valence-corrected chi connectivity index (χ3v) is 2.07. The van der Waals surface area contributed by atoms with E-state index < -0.39 is 11.8 Å². The molecule has 1 aliphatic rings. The normalized spacial score (nSPS) is 13.7. The average Bonchev–Trinajstić information content (AvgIpc) is 2.22. The zero-order chi connectivity index (χ0) is 10.8. The minimum atomic E-state index is -1.08. The Balaban J connectivity index is 2.38. The molecule has 1 aromatic carbocycles. The van der Waals surface area contributed by atoms with Gasteiger partial charge < -0.3 is 14.6 Å². The molecule has 2 rings (SSSR count). The van der Waals surface area contributed by atoms with Gasteiger partial charge >= 0.3 is 5.97 Å². The van der Waals surface area contributed by atoms with Gasteiger partial charge in [0.1, 0.15) is 13.2 Å². The number of hydrogen-bond donors (Lipinski definition) is 1. The summed E-state index contributed by atoms with van der Waals surface area (Å²) in [7, 11) is 0. The molecule has 0 saturated carbocycles. The van der Waals surface area contributed by atoms with Crippen LogP contribution in [-0.2, 0) is 11.2 Å². The van der Waals surface area contributed by atoms with Crippen molar-refractivity contribution in [3.63, 3.8) is 0 Å². The van der Waals surface area contributed by atoms with Crippen molar-refractivity contribution in [3.05, 3.63) is 23.5 Å². The van der Waals surface area contributed by atoms with Crippen molar-refractivity contribution in [1.82, 2.24) is 0 Å². The number of fused-ring (bicyclic) bond motifs is 1. The third kappa shape index (κ3) is 1.86. The van der Waals surface area contributed by atoms with Crippen molar-refractivity contribution in [2.75, 3.05) is 13.2 Å². The van der Waals surface area contributed by atoms with Gasteiger partial charge in [-0.15, -0.1) is 0 Å². The number of halogens is 1. The van der Waals surface area contributed by atoms with Crippen LogP contribution in [0.2, 0.25) is 0 Å². The lowest BCUT2D eigenvalue weighted by atomic mass is 10.1. The molecule has 0 spiro atoms. The van der Waals surface area contributed by atoms with Crippen LogP contribution in [-0.4, -0.2) is 24.3 Å². The van der Waals surface area contributed by atoms with Crippen molar-refractivity contribution >= 4 is 5.97 Å². The molecule has 1 heterocycles. The van der Waals surface area contributed by atoms with Crippen LogP contribution in [0.3, 0.4) is 0 Å². The molecule has 0 atom stereocenters. The minimum Gasteiger partial charge on any atom is -0.486 e. The van der Waals surface area contributed by atoms with Gasteiger partial charge in [-0.2, -0.15) is 0 Å². The van der Waals surface area contributed by atoms with E-state index in [4.69, 9.17) is 14.6 Å². The fourth-order valence-electron chi connectivity index (χ4n) is 1.42. The fourth-order valence-corrected chi connectivity index (χ4v) is 1.42. The minimum absolute atomic E-state index is 0.0139. The number of aliphatic carboxylic acids is 1. The highest BCUT2D eigenvalue weighted by Gasteiger charge is 2.20. The molecule has 1 N–H and O–H groups in total. The molecule has 0 fully saturated rings. The number of carboxylic acid groups (broad SMARTS) is 1. The lowest BCUT2D eigenvalue weighted by Gasteiger charge is -2.19. The Hall–Kier alpha value is -1.78. The predicted molar refractivity (Wildman–Crippen MR) is 48.7 cm³/mol. The summed E-state index contributed by atoms with van der Waals surface area (Å²) in [6.45, 7) is 0.658. The molecule has 5 heteroatoms.